The molecule has 0 radical (unpaired) electrons. The van der Waals surface area contributed by atoms with Crippen molar-refractivity contribution in [2.24, 2.45) is 5.73 Å². The van der Waals surface area contributed by atoms with Crippen LogP contribution in [0.3, 0.4) is 0 Å². The van der Waals surface area contributed by atoms with Gasteiger partial charge in [-0.2, -0.15) is 0 Å². The van der Waals surface area contributed by atoms with Gasteiger partial charge in [-0.1, -0.05) is 0 Å². The second-order valence-electron chi connectivity index (χ2n) is 2.15. The molecule has 0 bridgehead atoms. The highest BCUT2D eigenvalue weighted by atomic mass is 32.2. The SMILES string of the molecule is CS(=O)CC[C@H](N)C(=O)NO. The molecule has 0 saturated heterocycles. The minimum atomic E-state index is -0.946. The van der Waals surface area contributed by atoms with Crippen molar-refractivity contribution in [3.8, 4) is 0 Å². The smallest absolute Gasteiger partial charge is 0.260 e. The van der Waals surface area contributed by atoms with E-state index < -0.39 is 22.7 Å². The third-order valence-corrected chi connectivity index (χ3v) is 1.97. The van der Waals surface area contributed by atoms with Crippen LogP contribution in [-0.2, 0) is 15.6 Å². The number of hydroxylamine groups is 1. The Bertz CT molecular complexity index is 162. The molecule has 5 nitrogen and oxygen atoms in total. The van der Waals surface area contributed by atoms with Crippen LogP contribution in [0.4, 0.5) is 0 Å². The Kier molecular flexibility index (Phi) is 5.01. The summed E-state index contributed by atoms with van der Waals surface area (Å²) in [5.41, 5.74) is 6.70. The summed E-state index contributed by atoms with van der Waals surface area (Å²) in [4.78, 5) is 10.5. The molecule has 0 aliphatic rings. The lowest BCUT2D eigenvalue weighted by Gasteiger charge is -2.06. The van der Waals surface area contributed by atoms with Crippen LogP contribution >= 0.6 is 0 Å². The first-order chi connectivity index (χ1) is 5.07. The Morgan fingerprint density at radius 2 is 2.36 bits per heavy atom. The van der Waals surface area contributed by atoms with Gasteiger partial charge in [0.1, 0.15) is 0 Å². The third-order valence-electron chi connectivity index (χ3n) is 1.16. The second-order valence-corrected chi connectivity index (χ2v) is 3.70. The zero-order chi connectivity index (χ0) is 8.85. The fourth-order valence-electron chi connectivity index (χ4n) is 0.507. The number of rotatable bonds is 4. The molecule has 2 atom stereocenters. The van der Waals surface area contributed by atoms with E-state index >= 15 is 0 Å². The highest BCUT2D eigenvalue weighted by molar-refractivity contribution is 7.84. The normalized spacial score (nSPS) is 15.5. The van der Waals surface area contributed by atoms with Gasteiger partial charge in [-0.3, -0.25) is 14.2 Å². The van der Waals surface area contributed by atoms with Gasteiger partial charge in [-0.15, -0.1) is 0 Å². The van der Waals surface area contributed by atoms with Crippen molar-refractivity contribution in [1.82, 2.24) is 5.48 Å². The first-order valence-electron chi connectivity index (χ1n) is 3.07. The van der Waals surface area contributed by atoms with Crippen molar-refractivity contribution in [3.63, 3.8) is 0 Å². The molecule has 0 rings (SSSR count). The largest absolute Gasteiger partial charge is 0.320 e. The standard InChI is InChI=1S/C5H12N2O3S/c1-11(10)3-2-4(6)5(8)7-9/h4,9H,2-3,6H2,1H3,(H,7,8)/t4-,11?/m0/s1. The number of carbonyl (C=O) groups is 1. The Morgan fingerprint density at radius 3 is 2.73 bits per heavy atom. The van der Waals surface area contributed by atoms with Crippen molar-refractivity contribution in [2.45, 2.75) is 12.5 Å². The fraction of sp³-hybridized carbons (Fsp3) is 0.800. The first-order valence-corrected chi connectivity index (χ1v) is 4.80. The third kappa shape index (κ3) is 4.88. The molecule has 4 N–H and O–H groups in total. The first kappa shape index (κ1) is 10.5. The molecule has 1 amide bonds. The number of hydrogen-bond acceptors (Lipinski definition) is 4. The molecule has 0 aliphatic carbocycles. The number of amides is 1. The number of carbonyl (C=O) groups excluding carboxylic acids is 1. The molecular formula is C5H12N2O3S. The summed E-state index contributed by atoms with van der Waals surface area (Å²) in [7, 11) is -0.946. The summed E-state index contributed by atoms with van der Waals surface area (Å²) in [6, 6.07) is -0.774. The van der Waals surface area contributed by atoms with Gasteiger partial charge in [-0.05, 0) is 6.42 Å². The van der Waals surface area contributed by atoms with E-state index in [4.69, 9.17) is 10.9 Å². The van der Waals surface area contributed by atoms with E-state index in [1.165, 1.54) is 11.7 Å². The molecule has 0 aromatic heterocycles. The molecule has 0 aliphatic heterocycles. The summed E-state index contributed by atoms with van der Waals surface area (Å²) in [6.07, 6.45) is 1.85. The monoisotopic (exact) mass is 180 g/mol. The van der Waals surface area contributed by atoms with Crippen LogP contribution in [0.5, 0.6) is 0 Å². The van der Waals surface area contributed by atoms with Gasteiger partial charge in [0.2, 0.25) is 0 Å². The van der Waals surface area contributed by atoms with Crippen LogP contribution in [0.25, 0.3) is 0 Å². The van der Waals surface area contributed by atoms with Crippen molar-refractivity contribution < 1.29 is 14.2 Å². The van der Waals surface area contributed by atoms with Crippen LogP contribution in [0.1, 0.15) is 6.42 Å². The molecule has 66 valence electrons. The Hall–Kier alpha value is -0.460. The Morgan fingerprint density at radius 1 is 1.82 bits per heavy atom. The maximum atomic E-state index is 10.5. The van der Waals surface area contributed by atoms with Crippen LogP contribution in [0.2, 0.25) is 0 Å². The molecule has 0 spiro atoms. The maximum absolute atomic E-state index is 10.5. The number of nitrogens with one attached hydrogen (secondary N) is 1. The molecule has 0 heterocycles. The Balaban J connectivity index is 3.60. The van der Waals surface area contributed by atoms with Gasteiger partial charge in [0, 0.05) is 22.8 Å². The maximum Gasteiger partial charge on any atom is 0.260 e. The number of nitrogens with two attached hydrogens (primary N) is 1. The minimum absolute atomic E-state index is 0.315. The lowest BCUT2D eigenvalue weighted by atomic mass is 10.2. The lowest BCUT2D eigenvalue weighted by molar-refractivity contribution is -0.130. The second kappa shape index (κ2) is 5.22. The van der Waals surface area contributed by atoms with E-state index in [9.17, 15) is 9.00 Å². The van der Waals surface area contributed by atoms with Gasteiger partial charge in [-0.25, -0.2) is 5.48 Å². The molecule has 0 aromatic rings. The van der Waals surface area contributed by atoms with Gasteiger partial charge < -0.3 is 5.73 Å². The fourth-order valence-corrected chi connectivity index (χ4v) is 1.09. The van der Waals surface area contributed by atoms with E-state index in [0.29, 0.717) is 12.2 Å². The highest BCUT2D eigenvalue weighted by Gasteiger charge is 2.11. The highest BCUT2D eigenvalue weighted by Crippen LogP contribution is 1.89. The summed E-state index contributed by atoms with van der Waals surface area (Å²) < 4.78 is 10.5. The quantitative estimate of drug-likeness (QED) is 0.366. The summed E-state index contributed by atoms with van der Waals surface area (Å²) in [6.45, 7) is 0. The zero-order valence-corrected chi connectivity index (χ0v) is 7.06. The molecular weight excluding hydrogens is 168 g/mol. The molecule has 6 heteroatoms. The summed E-state index contributed by atoms with van der Waals surface area (Å²) in [5, 5.41) is 8.12. The molecule has 0 saturated carbocycles. The van der Waals surface area contributed by atoms with Crippen LogP contribution in [-0.4, -0.2) is 33.4 Å². The van der Waals surface area contributed by atoms with Gasteiger partial charge in [0.05, 0.1) is 6.04 Å². The van der Waals surface area contributed by atoms with Crippen molar-refractivity contribution in [1.29, 1.82) is 0 Å². The van der Waals surface area contributed by atoms with Gasteiger partial charge in [0.15, 0.2) is 0 Å². The predicted molar refractivity (Wildman–Crippen MR) is 41.5 cm³/mol. The topological polar surface area (TPSA) is 92.4 Å². The van der Waals surface area contributed by atoms with Crippen LogP contribution < -0.4 is 11.2 Å². The minimum Gasteiger partial charge on any atom is -0.320 e. The van der Waals surface area contributed by atoms with E-state index in [1.807, 2.05) is 0 Å². The predicted octanol–water partition coefficient (Wildman–Crippen LogP) is -1.41. The molecule has 11 heavy (non-hydrogen) atoms. The van der Waals surface area contributed by atoms with Crippen molar-refractivity contribution in [3.05, 3.63) is 0 Å². The van der Waals surface area contributed by atoms with Crippen LogP contribution in [0, 0.1) is 0 Å². The average molecular weight is 180 g/mol. The van der Waals surface area contributed by atoms with Crippen molar-refractivity contribution >= 4 is 16.7 Å². The van der Waals surface area contributed by atoms with E-state index in [2.05, 4.69) is 0 Å². The number of hydrogen-bond donors (Lipinski definition) is 3. The van der Waals surface area contributed by atoms with Gasteiger partial charge >= 0.3 is 0 Å². The van der Waals surface area contributed by atoms with E-state index in [-0.39, 0.29) is 0 Å². The molecule has 1 unspecified atom stereocenters. The average Bonchev–Trinajstić information content (AvgIpc) is 1.98. The van der Waals surface area contributed by atoms with Crippen LogP contribution in [0.15, 0.2) is 0 Å². The van der Waals surface area contributed by atoms with Gasteiger partial charge in [0.25, 0.3) is 5.91 Å². The van der Waals surface area contributed by atoms with Crippen molar-refractivity contribution in [2.75, 3.05) is 12.0 Å². The molecule has 0 fully saturated rings. The summed E-state index contributed by atoms with van der Waals surface area (Å²) in [5.74, 6) is -0.273. The Labute approximate surface area is 67.4 Å². The lowest BCUT2D eigenvalue weighted by Crippen LogP contribution is -2.39. The zero-order valence-electron chi connectivity index (χ0n) is 6.24. The molecule has 0 aromatic carbocycles. The van der Waals surface area contributed by atoms with E-state index in [1.54, 1.807) is 0 Å². The van der Waals surface area contributed by atoms with E-state index in [0.717, 1.165) is 0 Å². The summed E-state index contributed by atoms with van der Waals surface area (Å²) >= 11 is 0.